The summed E-state index contributed by atoms with van der Waals surface area (Å²) in [4.78, 5) is 0. The summed E-state index contributed by atoms with van der Waals surface area (Å²) in [5, 5.41) is 15.3. The largest absolute Gasteiger partial charge is 0.489 e. The lowest BCUT2D eigenvalue weighted by Gasteiger charge is -2.18. The number of nitrogens with one attached hydrogen (secondary N) is 1. The lowest BCUT2D eigenvalue weighted by Crippen LogP contribution is -2.31. The summed E-state index contributed by atoms with van der Waals surface area (Å²) in [6.07, 6.45) is 0.890. The Kier molecular flexibility index (Phi) is 6.26. The third-order valence-corrected chi connectivity index (χ3v) is 4.79. The minimum Gasteiger partial charge on any atom is -0.489 e. The van der Waals surface area contributed by atoms with Crippen molar-refractivity contribution in [1.29, 1.82) is 0 Å². The predicted molar refractivity (Wildman–Crippen MR) is 107 cm³/mol. The van der Waals surface area contributed by atoms with Crippen LogP contribution in [-0.4, -0.2) is 17.8 Å². The van der Waals surface area contributed by atoms with Gasteiger partial charge in [-0.15, -0.1) is 0 Å². The van der Waals surface area contributed by atoms with E-state index in [0.717, 1.165) is 23.3 Å². The van der Waals surface area contributed by atoms with Crippen LogP contribution in [0.5, 0.6) is 5.75 Å². The highest BCUT2D eigenvalue weighted by Crippen LogP contribution is 2.29. The lowest BCUT2D eigenvalue weighted by molar-refractivity contribution is 0.237. The Morgan fingerprint density at radius 2 is 1.77 bits per heavy atom. The number of aryl methyl sites for hydroxylation is 1. The second kappa shape index (κ2) is 8.84. The van der Waals surface area contributed by atoms with Gasteiger partial charge in [-0.1, -0.05) is 67.1 Å². The molecule has 1 unspecified atom stereocenters. The smallest absolute Gasteiger partial charge is 0.124 e. The van der Waals surface area contributed by atoms with Crippen LogP contribution < -0.4 is 10.1 Å². The topological polar surface area (TPSA) is 41.5 Å². The minimum atomic E-state index is 0.0962. The van der Waals surface area contributed by atoms with Gasteiger partial charge in [0.05, 0.1) is 6.61 Å². The van der Waals surface area contributed by atoms with Gasteiger partial charge in [0.2, 0.25) is 0 Å². The van der Waals surface area contributed by atoms with E-state index in [1.807, 2.05) is 6.07 Å². The van der Waals surface area contributed by atoms with Crippen LogP contribution in [0.2, 0.25) is 0 Å². The lowest BCUT2D eigenvalue weighted by atomic mass is 10.0. The summed E-state index contributed by atoms with van der Waals surface area (Å²) >= 11 is 0. The van der Waals surface area contributed by atoms with Crippen LogP contribution in [-0.2, 0) is 13.2 Å². The highest BCUT2D eigenvalue weighted by molar-refractivity contribution is 5.87. The van der Waals surface area contributed by atoms with Gasteiger partial charge in [-0.2, -0.15) is 0 Å². The molecule has 0 aliphatic carbocycles. The summed E-state index contributed by atoms with van der Waals surface area (Å²) in [6, 6.07) is 21.0. The second-order valence-electron chi connectivity index (χ2n) is 6.71. The van der Waals surface area contributed by atoms with E-state index in [2.05, 4.69) is 73.8 Å². The minimum absolute atomic E-state index is 0.0962. The van der Waals surface area contributed by atoms with E-state index >= 15 is 0 Å². The van der Waals surface area contributed by atoms with Gasteiger partial charge in [-0.3, -0.25) is 0 Å². The molecule has 2 N–H and O–H groups in total. The fourth-order valence-electron chi connectivity index (χ4n) is 3.06. The molecule has 3 rings (SSSR count). The molecule has 0 amide bonds. The van der Waals surface area contributed by atoms with Crippen LogP contribution in [0.15, 0.2) is 60.7 Å². The van der Waals surface area contributed by atoms with Crippen LogP contribution in [0.25, 0.3) is 10.8 Å². The molecule has 1 atom stereocenters. The number of benzene rings is 3. The maximum absolute atomic E-state index is 9.47. The number of fused-ring (bicyclic) bond motifs is 1. The molecule has 0 bridgehead atoms. The number of hydrogen-bond acceptors (Lipinski definition) is 3. The Balaban J connectivity index is 1.85. The van der Waals surface area contributed by atoms with Crippen LogP contribution in [0, 0.1) is 6.92 Å². The van der Waals surface area contributed by atoms with Crippen molar-refractivity contribution < 1.29 is 9.84 Å². The molecule has 0 heterocycles. The molecule has 0 aliphatic heterocycles. The summed E-state index contributed by atoms with van der Waals surface area (Å²) < 4.78 is 6.17. The molecular formula is C23H27NO2. The van der Waals surface area contributed by atoms with Crippen molar-refractivity contribution in [2.45, 2.75) is 39.5 Å². The second-order valence-corrected chi connectivity index (χ2v) is 6.71. The SMILES string of the molecule is CCC(CO)NCc1c(OCc2ccc(C)cc2)ccc2ccccc12. The molecule has 3 heteroatoms. The van der Waals surface area contributed by atoms with Gasteiger partial charge in [-0.25, -0.2) is 0 Å². The van der Waals surface area contributed by atoms with Crippen molar-refractivity contribution in [2.24, 2.45) is 0 Å². The van der Waals surface area contributed by atoms with Crippen LogP contribution in [0.1, 0.15) is 30.0 Å². The van der Waals surface area contributed by atoms with E-state index < -0.39 is 0 Å². The van der Waals surface area contributed by atoms with Crippen molar-refractivity contribution >= 4 is 10.8 Å². The molecule has 0 saturated carbocycles. The molecule has 0 fully saturated rings. The molecule has 26 heavy (non-hydrogen) atoms. The maximum Gasteiger partial charge on any atom is 0.124 e. The van der Waals surface area contributed by atoms with E-state index in [1.54, 1.807) is 0 Å². The number of aliphatic hydroxyl groups is 1. The Morgan fingerprint density at radius 1 is 1.00 bits per heavy atom. The van der Waals surface area contributed by atoms with Gasteiger partial charge < -0.3 is 15.2 Å². The van der Waals surface area contributed by atoms with E-state index in [9.17, 15) is 5.11 Å². The zero-order valence-electron chi connectivity index (χ0n) is 15.5. The number of rotatable bonds is 8. The Bertz CT molecular complexity index is 838. The van der Waals surface area contributed by atoms with Crippen molar-refractivity contribution in [2.75, 3.05) is 6.61 Å². The average Bonchev–Trinajstić information content (AvgIpc) is 2.68. The van der Waals surface area contributed by atoms with Gasteiger partial charge in [0, 0.05) is 18.2 Å². The van der Waals surface area contributed by atoms with E-state index in [1.165, 1.54) is 16.3 Å². The summed E-state index contributed by atoms with van der Waals surface area (Å²) in [6.45, 7) is 5.52. The molecule has 3 aromatic carbocycles. The molecule has 0 aromatic heterocycles. The molecule has 0 aliphatic rings. The normalized spacial score (nSPS) is 12.3. The van der Waals surface area contributed by atoms with Gasteiger partial charge in [0.25, 0.3) is 0 Å². The Labute approximate surface area is 155 Å². The van der Waals surface area contributed by atoms with E-state index in [0.29, 0.717) is 13.2 Å². The number of aliphatic hydroxyl groups excluding tert-OH is 1. The van der Waals surface area contributed by atoms with Crippen LogP contribution in [0.4, 0.5) is 0 Å². The van der Waals surface area contributed by atoms with Gasteiger partial charge in [-0.05, 0) is 35.7 Å². The van der Waals surface area contributed by atoms with Crippen molar-refractivity contribution in [3.8, 4) is 5.75 Å². The number of ether oxygens (including phenoxy) is 1. The predicted octanol–water partition coefficient (Wildman–Crippen LogP) is 4.59. The van der Waals surface area contributed by atoms with Crippen LogP contribution >= 0.6 is 0 Å². The molecule has 3 nitrogen and oxygen atoms in total. The van der Waals surface area contributed by atoms with Gasteiger partial charge in [0.15, 0.2) is 0 Å². The molecule has 0 radical (unpaired) electrons. The first-order valence-corrected chi connectivity index (χ1v) is 9.24. The first-order valence-electron chi connectivity index (χ1n) is 9.24. The summed E-state index contributed by atoms with van der Waals surface area (Å²) in [5.74, 6) is 0.893. The monoisotopic (exact) mass is 349 g/mol. The quantitative estimate of drug-likeness (QED) is 0.625. The maximum atomic E-state index is 9.47. The molecule has 0 saturated heterocycles. The van der Waals surface area contributed by atoms with Gasteiger partial charge in [0.1, 0.15) is 12.4 Å². The summed E-state index contributed by atoms with van der Waals surface area (Å²) in [7, 11) is 0. The standard InChI is InChI=1S/C23H27NO2/c1-3-20(15-25)24-14-22-21-7-5-4-6-19(21)12-13-23(22)26-16-18-10-8-17(2)9-11-18/h4-13,20,24-25H,3,14-16H2,1-2H3. The molecular weight excluding hydrogens is 322 g/mol. The summed E-state index contributed by atoms with van der Waals surface area (Å²) in [5.41, 5.74) is 3.55. The average molecular weight is 349 g/mol. The van der Waals surface area contributed by atoms with Crippen molar-refractivity contribution in [3.05, 3.63) is 77.4 Å². The molecule has 0 spiro atoms. The first-order chi connectivity index (χ1) is 12.7. The third kappa shape index (κ3) is 4.43. The number of hydrogen-bond donors (Lipinski definition) is 2. The Morgan fingerprint density at radius 3 is 2.50 bits per heavy atom. The Hall–Kier alpha value is -2.36. The third-order valence-electron chi connectivity index (χ3n) is 4.79. The molecule has 136 valence electrons. The molecule has 3 aromatic rings. The first kappa shape index (κ1) is 18.4. The zero-order valence-corrected chi connectivity index (χ0v) is 15.5. The van der Waals surface area contributed by atoms with Crippen molar-refractivity contribution in [3.63, 3.8) is 0 Å². The highest BCUT2D eigenvalue weighted by Gasteiger charge is 2.11. The van der Waals surface area contributed by atoms with Gasteiger partial charge >= 0.3 is 0 Å². The van der Waals surface area contributed by atoms with E-state index in [-0.39, 0.29) is 12.6 Å². The highest BCUT2D eigenvalue weighted by atomic mass is 16.5. The van der Waals surface area contributed by atoms with Crippen LogP contribution in [0.3, 0.4) is 0 Å². The van der Waals surface area contributed by atoms with Crippen molar-refractivity contribution in [1.82, 2.24) is 5.32 Å². The van der Waals surface area contributed by atoms with E-state index in [4.69, 9.17) is 4.74 Å². The fourth-order valence-corrected chi connectivity index (χ4v) is 3.06. The fraction of sp³-hybridized carbons (Fsp3) is 0.304. The zero-order chi connectivity index (χ0) is 18.4.